The van der Waals surface area contributed by atoms with Crippen molar-refractivity contribution in [3.05, 3.63) is 24.3 Å². The fourth-order valence-corrected chi connectivity index (χ4v) is 2.97. The summed E-state index contributed by atoms with van der Waals surface area (Å²) in [5.74, 6) is 0.545. The molecule has 0 aliphatic heterocycles. The van der Waals surface area contributed by atoms with Crippen LogP contribution in [0.2, 0.25) is 0 Å². The van der Waals surface area contributed by atoms with E-state index in [9.17, 15) is 4.79 Å². The lowest BCUT2D eigenvalue weighted by Gasteiger charge is -2.32. The summed E-state index contributed by atoms with van der Waals surface area (Å²) < 4.78 is 5.24. The van der Waals surface area contributed by atoms with Crippen LogP contribution in [0.1, 0.15) is 46.5 Å². The van der Waals surface area contributed by atoms with Gasteiger partial charge in [0.05, 0.1) is 0 Å². The minimum absolute atomic E-state index is 0.436. The second-order valence-electron chi connectivity index (χ2n) is 7.24. The number of nitrogens with one attached hydrogen (secondary N) is 2. The van der Waals surface area contributed by atoms with E-state index in [0.717, 1.165) is 17.9 Å². The van der Waals surface area contributed by atoms with Crippen LogP contribution in [0.15, 0.2) is 24.3 Å². The molecule has 1 fully saturated rings. The lowest BCUT2D eigenvalue weighted by Crippen LogP contribution is -2.36. The van der Waals surface area contributed by atoms with E-state index in [4.69, 9.17) is 10.5 Å². The Labute approximate surface area is 139 Å². The number of rotatable bonds is 4. The summed E-state index contributed by atoms with van der Waals surface area (Å²) in [7, 11) is 0. The smallest absolute Gasteiger partial charge is 0.412 e. The second kappa shape index (κ2) is 7.68. The van der Waals surface area contributed by atoms with Crippen molar-refractivity contribution >= 4 is 17.5 Å². The van der Waals surface area contributed by atoms with Gasteiger partial charge < -0.3 is 15.8 Å². The van der Waals surface area contributed by atoms with E-state index in [1.807, 2.05) is 45.0 Å². The number of hydrogen-bond donors (Lipinski definition) is 3. The molecule has 4 N–H and O–H groups in total. The second-order valence-corrected chi connectivity index (χ2v) is 7.24. The quantitative estimate of drug-likeness (QED) is 0.785. The Balaban J connectivity index is 1.90. The zero-order chi connectivity index (χ0) is 16.9. The highest BCUT2D eigenvalue weighted by atomic mass is 16.6. The fraction of sp³-hybridized carbons (Fsp3) is 0.611. The van der Waals surface area contributed by atoms with Gasteiger partial charge in [0.15, 0.2) is 0 Å². The van der Waals surface area contributed by atoms with Crippen LogP contribution in [0.3, 0.4) is 0 Å². The van der Waals surface area contributed by atoms with Crippen LogP contribution in [-0.2, 0) is 4.74 Å². The average Bonchev–Trinajstić information content (AvgIpc) is 2.48. The normalized spacial score (nSPS) is 21.6. The predicted molar refractivity (Wildman–Crippen MR) is 94.7 cm³/mol. The summed E-state index contributed by atoms with van der Waals surface area (Å²) in [5.41, 5.74) is 7.17. The van der Waals surface area contributed by atoms with Gasteiger partial charge in [-0.2, -0.15) is 0 Å². The molecule has 0 bridgehead atoms. The molecule has 128 valence electrons. The summed E-state index contributed by atoms with van der Waals surface area (Å²) in [5, 5.41) is 6.32. The molecule has 2 rings (SSSR count). The van der Waals surface area contributed by atoms with Gasteiger partial charge in [-0.1, -0.05) is 12.8 Å². The Morgan fingerprint density at radius 1 is 1.17 bits per heavy atom. The maximum Gasteiger partial charge on any atom is 0.412 e. The molecule has 2 atom stereocenters. The van der Waals surface area contributed by atoms with Gasteiger partial charge in [0.25, 0.3) is 0 Å². The zero-order valence-corrected chi connectivity index (χ0v) is 14.4. The van der Waals surface area contributed by atoms with Crippen molar-refractivity contribution in [2.24, 2.45) is 11.7 Å². The summed E-state index contributed by atoms with van der Waals surface area (Å²) in [6.45, 7) is 6.27. The monoisotopic (exact) mass is 319 g/mol. The van der Waals surface area contributed by atoms with Gasteiger partial charge in [0.2, 0.25) is 0 Å². The zero-order valence-electron chi connectivity index (χ0n) is 14.4. The molecule has 0 spiro atoms. The van der Waals surface area contributed by atoms with Crippen molar-refractivity contribution in [3.8, 4) is 0 Å². The summed E-state index contributed by atoms with van der Waals surface area (Å²) in [6.07, 6.45) is 4.46. The first-order chi connectivity index (χ1) is 10.9. The highest BCUT2D eigenvalue weighted by Crippen LogP contribution is 2.27. The van der Waals surface area contributed by atoms with Crippen LogP contribution in [0.25, 0.3) is 0 Å². The topological polar surface area (TPSA) is 76.4 Å². The van der Waals surface area contributed by atoms with E-state index in [-0.39, 0.29) is 0 Å². The van der Waals surface area contributed by atoms with Gasteiger partial charge in [-0.05, 0) is 70.3 Å². The number of benzene rings is 1. The number of anilines is 2. The number of nitrogens with two attached hydrogens (primary N) is 1. The van der Waals surface area contributed by atoms with Crippen molar-refractivity contribution in [3.63, 3.8) is 0 Å². The van der Waals surface area contributed by atoms with Gasteiger partial charge in [-0.3, -0.25) is 5.32 Å². The van der Waals surface area contributed by atoms with E-state index in [2.05, 4.69) is 10.6 Å². The SMILES string of the molecule is CC(C)(C)OC(=O)Nc1ccc(NC2CCCCC2CN)cc1. The van der Waals surface area contributed by atoms with Crippen molar-refractivity contribution < 1.29 is 9.53 Å². The molecule has 0 radical (unpaired) electrons. The Morgan fingerprint density at radius 3 is 2.39 bits per heavy atom. The van der Waals surface area contributed by atoms with Gasteiger partial charge >= 0.3 is 6.09 Å². The highest BCUT2D eigenvalue weighted by Gasteiger charge is 2.23. The first kappa shape index (κ1) is 17.6. The third-order valence-electron chi connectivity index (χ3n) is 4.09. The van der Waals surface area contributed by atoms with Crippen LogP contribution in [0, 0.1) is 5.92 Å². The number of hydrogen-bond acceptors (Lipinski definition) is 4. The maximum absolute atomic E-state index is 11.7. The lowest BCUT2D eigenvalue weighted by atomic mass is 9.84. The van der Waals surface area contributed by atoms with Crippen molar-refractivity contribution in [2.45, 2.75) is 58.1 Å². The number of amides is 1. The molecule has 1 aromatic carbocycles. The van der Waals surface area contributed by atoms with E-state index in [1.54, 1.807) is 0 Å². The Bertz CT molecular complexity index is 508. The molecular weight excluding hydrogens is 290 g/mol. The standard InChI is InChI=1S/C18H29N3O2/c1-18(2,3)23-17(22)21-15-10-8-14(9-11-15)20-16-7-5-4-6-13(16)12-19/h8-11,13,16,20H,4-7,12,19H2,1-3H3,(H,21,22). The molecule has 0 saturated heterocycles. The molecule has 1 amide bonds. The molecule has 5 nitrogen and oxygen atoms in total. The van der Waals surface area contributed by atoms with Crippen LogP contribution < -0.4 is 16.4 Å². The Morgan fingerprint density at radius 2 is 1.78 bits per heavy atom. The van der Waals surface area contributed by atoms with Gasteiger partial charge in [-0.15, -0.1) is 0 Å². The predicted octanol–water partition coefficient (Wildman–Crippen LogP) is 3.96. The highest BCUT2D eigenvalue weighted by molar-refractivity contribution is 5.85. The minimum Gasteiger partial charge on any atom is -0.444 e. The first-order valence-corrected chi connectivity index (χ1v) is 8.44. The summed E-state index contributed by atoms with van der Waals surface area (Å²) in [6, 6.07) is 8.17. The van der Waals surface area contributed by atoms with Crippen LogP contribution >= 0.6 is 0 Å². The maximum atomic E-state index is 11.7. The van der Waals surface area contributed by atoms with E-state index in [0.29, 0.717) is 12.0 Å². The van der Waals surface area contributed by atoms with Crippen molar-refractivity contribution in [1.82, 2.24) is 0 Å². The molecule has 5 heteroatoms. The molecule has 23 heavy (non-hydrogen) atoms. The molecule has 1 saturated carbocycles. The van der Waals surface area contributed by atoms with Gasteiger partial charge in [0, 0.05) is 17.4 Å². The largest absolute Gasteiger partial charge is 0.444 e. The Hall–Kier alpha value is -1.75. The lowest BCUT2D eigenvalue weighted by molar-refractivity contribution is 0.0636. The molecule has 0 aromatic heterocycles. The summed E-state index contributed by atoms with van der Waals surface area (Å²) in [4.78, 5) is 11.7. The average molecular weight is 319 g/mol. The van der Waals surface area contributed by atoms with Gasteiger partial charge in [-0.25, -0.2) is 4.79 Å². The molecular formula is C18H29N3O2. The molecule has 0 heterocycles. The van der Waals surface area contributed by atoms with E-state index < -0.39 is 11.7 Å². The van der Waals surface area contributed by atoms with Crippen molar-refractivity contribution in [1.29, 1.82) is 0 Å². The number of carbonyl (C=O) groups excluding carboxylic acids is 1. The fourth-order valence-electron chi connectivity index (χ4n) is 2.97. The van der Waals surface area contributed by atoms with E-state index in [1.165, 1.54) is 25.7 Å². The van der Waals surface area contributed by atoms with Crippen LogP contribution in [-0.4, -0.2) is 24.3 Å². The van der Waals surface area contributed by atoms with Crippen LogP contribution in [0.4, 0.5) is 16.2 Å². The van der Waals surface area contributed by atoms with E-state index >= 15 is 0 Å². The molecule has 1 aromatic rings. The summed E-state index contributed by atoms with van der Waals surface area (Å²) >= 11 is 0. The van der Waals surface area contributed by atoms with Crippen molar-refractivity contribution in [2.75, 3.05) is 17.2 Å². The Kier molecular flexibility index (Phi) is 5.88. The molecule has 1 aliphatic rings. The number of carbonyl (C=O) groups is 1. The number of ether oxygens (including phenoxy) is 1. The molecule has 2 unspecified atom stereocenters. The van der Waals surface area contributed by atoms with Gasteiger partial charge in [0.1, 0.15) is 5.60 Å². The molecule has 1 aliphatic carbocycles. The first-order valence-electron chi connectivity index (χ1n) is 8.44. The third kappa shape index (κ3) is 5.75. The third-order valence-corrected chi connectivity index (χ3v) is 4.09. The minimum atomic E-state index is -0.496. The van der Waals surface area contributed by atoms with Crippen LogP contribution in [0.5, 0.6) is 0 Å².